The number of non-ortho nitro benzene ring substituents is 1. The second-order valence-electron chi connectivity index (χ2n) is 3.66. The standard InChI is InChI=1S/C11H16N2O4.ClH/c1-9(14)8-12-5-6-17-11-4-2-3-10(7-11)13(15)16;/h2-4,7,9,12,14H,5-6,8H2,1H3;1H. The predicted molar refractivity (Wildman–Crippen MR) is 70.4 cm³/mol. The summed E-state index contributed by atoms with van der Waals surface area (Å²) in [6.07, 6.45) is -0.396. The van der Waals surface area contributed by atoms with Crippen LogP contribution in [0.3, 0.4) is 0 Å². The average Bonchev–Trinajstić information content (AvgIpc) is 2.28. The number of halogens is 1. The Kier molecular flexibility index (Phi) is 8.02. The molecule has 0 aliphatic heterocycles. The number of aliphatic hydroxyl groups excluding tert-OH is 1. The van der Waals surface area contributed by atoms with Crippen molar-refractivity contribution in [3.8, 4) is 5.75 Å². The van der Waals surface area contributed by atoms with Gasteiger partial charge in [0.05, 0.1) is 17.1 Å². The van der Waals surface area contributed by atoms with E-state index in [0.29, 0.717) is 25.4 Å². The van der Waals surface area contributed by atoms with Crippen LogP contribution in [0.5, 0.6) is 5.75 Å². The minimum Gasteiger partial charge on any atom is -0.492 e. The van der Waals surface area contributed by atoms with Crippen molar-refractivity contribution >= 4 is 18.1 Å². The first-order valence-corrected chi connectivity index (χ1v) is 5.35. The van der Waals surface area contributed by atoms with Gasteiger partial charge in [0.25, 0.3) is 5.69 Å². The van der Waals surface area contributed by atoms with Gasteiger partial charge in [-0.05, 0) is 13.0 Å². The molecule has 1 aromatic carbocycles. The Morgan fingerprint density at radius 1 is 1.56 bits per heavy atom. The van der Waals surface area contributed by atoms with Gasteiger partial charge in [-0.15, -0.1) is 12.4 Å². The highest BCUT2D eigenvalue weighted by Gasteiger charge is 2.05. The lowest BCUT2D eigenvalue weighted by molar-refractivity contribution is -0.384. The van der Waals surface area contributed by atoms with E-state index in [0.717, 1.165) is 0 Å². The number of nitro benzene ring substituents is 1. The van der Waals surface area contributed by atoms with Crippen LogP contribution in [0.25, 0.3) is 0 Å². The van der Waals surface area contributed by atoms with E-state index in [1.165, 1.54) is 12.1 Å². The van der Waals surface area contributed by atoms with Crippen LogP contribution in [0, 0.1) is 10.1 Å². The summed E-state index contributed by atoms with van der Waals surface area (Å²) >= 11 is 0. The second-order valence-corrected chi connectivity index (χ2v) is 3.66. The van der Waals surface area contributed by atoms with E-state index >= 15 is 0 Å². The van der Waals surface area contributed by atoms with E-state index in [1.54, 1.807) is 19.1 Å². The Morgan fingerprint density at radius 3 is 2.89 bits per heavy atom. The lowest BCUT2D eigenvalue weighted by Gasteiger charge is -2.08. The number of nitro groups is 1. The molecule has 1 atom stereocenters. The molecule has 6 nitrogen and oxygen atoms in total. The monoisotopic (exact) mass is 276 g/mol. The molecule has 18 heavy (non-hydrogen) atoms. The van der Waals surface area contributed by atoms with Gasteiger partial charge in [0, 0.05) is 19.2 Å². The van der Waals surface area contributed by atoms with Crippen molar-refractivity contribution in [2.45, 2.75) is 13.0 Å². The fourth-order valence-corrected chi connectivity index (χ4v) is 1.24. The molecule has 0 aliphatic carbocycles. The van der Waals surface area contributed by atoms with E-state index in [2.05, 4.69) is 5.32 Å². The van der Waals surface area contributed by atoms with Gasteiger partial charge in [0.2, 0.25) is 0 Å². The SMILES string of the molecule is CC(O)CNCCOc1cccc([N+](=O)[O-])c1.Cl. The zero-order valence-electron chi connectivity index (χ0n) is 10.0. The number of nitrogens with one attached hydrogen (secondary N) is 1. The van der Waals surface area contributed by atoms with Crippen molar-refractivity contribution in [2.75, 3.05) is 19.7 Å². The van der Waals surface area contributed by atoms with Gasteiger partial charge in [0.1, 0.15) is 12.4 Å². The molecule has 7 heteroatoms. The fourth-order valence-electron chi connectivity index (χ4n) is 1.24. The second kappa shape index (κ2) is 8.68. The number of nitrogens with zero attached hydrogens (tertiary/aromatic N) is 1. The van der Waals surface area contributed by atoms with Gasteiger partial charge in [-0.25, -0.2) is 0 Å². The normalized spacial score (nSPS) is 11.4. The molecule has 0 bridgehead atoms. The van der Waals surface area contributed by atoms with Gasteiger partial charge >= 0.3 is 0 Å². The van der Waals surface area contributed by atoms with Crippen molar-refractivity contribution in [3.05, 3.63) is 34.4 Å². The lowest BCUT2D eigenvalue weighted by atomic mass is 10.3. The Morgan fingerprint density at radius 2 is 2.28 bits per heavy atom. The molecular weight excluding hydrogens is 260 g/mol. The van der Waals surface area contributed by atoms with E-state index in [9.17, 15) is 10.1 Å². The number of hydrogen-bond acceptors (Lipinski definition) is 5. The molecule has 1 rings (SSSR count). The summed E-state index contributed by atoms with van der Waals surface area (Å²) in [7, 11) is 0. The molecule has 0 spiro atoms. The highest BCUT2D eigenvalue weighted by Crippen LogP contribution is 2.18. The van der Waals surface area contributed by atoms with Crippen molar-refractivity contribution < 1.29 is 14.8 Å². The van der Waals surface area contributed by atoms with Crippen molar-refractivity contribution in [1.29, 1.82) is 0 Å². The molecule has 0 amide bonds. The Hall–Kier alpha value is -1.37. The third-order valence-electron chi connectivity index (χ3n) is 2.02. The Bertz CT molecular complexity index is 374. The smallest absolute Gasteiger partial charge is 0.273 e. The first-order valence-electron chi connectivity index (χ1n) is 5.35. The van der Waals surface area contributed by atoms with E-state index in [-0.39, 0.29) is 18.1 Å². The molecule has 0 fully saturated rings. The fraction of sp³-hybridized carbons (Fsp3) is 0.455. The van der Waals surface area contributed by atoms with Gasteiger partial charge in [0.15, 0.2) is 0 Å². The Labute approximate surface area is 112 Å². The quantitative estimate of drug-likeness (QED) is 0.446. The zero-order valence-corrected chi connectivity index (χ0v) is 10.9. The summed E-state index contributed by atoms with van der Waals surface area (Å²) < 4.78 is 5.33. The molecular formula is C11H17ClN2O4. The van der Waals surface area contributed by atoms with Crippen LogP contribution in [-0.4, -0.2) is 35.8 Å². The summed E-state index contributed by atoms with van der Waals surface area (Å²) in [6, 6.07) is 6.05. The van der Waals surface area contributed by atoms with Crippen molar-refractivity contribution in [2.24, 2.45) is 0 Å². The summed E-state index contributed by atoms with van der Waals surface area (Å²) in [5.74, 6) is 0.470. The first kappa shape index (κ1) is 16.6. The molecule has 1 unspecified atom stereocenters. The van der Waals surface area contributed by atoms with Crippen LogP contribution in [0.2, 0.25) is 0 Å². The van der Waals surface area contributed by atoms with Crippen molar-refractivity contribution in [3.63, 3.8) is 0 Å². The summed E-state index contributed by atoms with van der Waals surface area (Å²) in [6.45, 7) is 3.16. The predicted octanol–water partition coefficient (Wildman–Crippen LogP) is 1.37. The maximum absolute atomic E-state index is 10.5. The molecule has 0 aliphatic rings. The number of hydrogen-bond donors (Lipinski definition) is 2. The summed E-state index contributed by atoms with van der Waals surface area (Å²) in [5.41, 5.74) is 0.0134. The molecule has 0 saturated heterocycles. The number of aliphatic hydroxyl groups is 1. The van der Waals surface area contributed by atoms with Gasteiger partial charge in [-0.1, -0.05) is 6.07 Å². The van der Waals surface area contributed by atoms with E-state index in [1.807, 2.05) is 0 Å². The zero-order chi connectivity index (χ0) is 12.7. The maximum atomic E-state index is 10.5. The Balaban J connectivity index is 0.00000289. The highest BCUT2D eigenvalue weighted by atomic mass is 35.5. The average molecular weight is 277 g/mol. The topological polar surface area (TPSA) is 84.6 Å². The number of ether oxygens (including phenoxy) is 1. The molecule has 2 N–H and O–H groups in total. The lowest BCUT2D eigenvalue weighted by Crippen LogP contribution is -2.28. The number of benzene rings is 1. The van der Waals surface area contributed by atoms with Crippen molar-refractivity contribution in [1.82, 2.24) is 5.32 Å². The molecule has 0 heterocycles. The third kappa shape index (κ3) is 6.39. The van der Waals surface area contributed by atoms with Crippen LogP contribution < -0.4 is 10.1 Å². The van der Waals surface area contributed by atoms with E-state index in [4.69, 9.17) is 9.84 Å². The van der Waals surface area contributed by atoms with Crippen LogP contribution in [0.4, 0.5) is 5.69 Å². The molecule has 0 saturated carbocycles. The van der Waals surface area contributed by atoms with Gasteiger partial charge in [-0.2, -0.15) is 0 Å². The number of rotatable bonds is 7. The van der Waals surface area contributed by atoms with Crippen LogP contribution in [0.1, 0.15) is 6.92 Å². The van der Waals surface area contributed by atoms with Crippen LogP contribution >= 0.6 is 12.4 Å². The molecule has 0 radical (unpaired) electrons. The molecule has 102 valence electrons. The third-order valence-corrected chi connectivity index (χ3v) is 2.02. The van der Waals surface area contributed by atoms with Crippen LogP contribution in [-0.2, 0) is 0 Å². The highest BCUT2D eigenvalue weighted by molar-refractivity contribution is 5.85. The largest absolute Gasteiger partial charge is 0.492 e. The van der Waals surface area contributed by atoms with Crippen LogP contribution in [0.15, 0.2) is 24.3 Å². The summed E-state index contributed by atoms with van der Waals surface area (Å²) in [4.78, 5) is 10.1. The van der Waals surface area contributed by atoms with Gasteiger partial charge in [-0.3, -0.25) is 10.1 Å². The molecule has 0 aromatic heterocycles. The van der Waals surface area contributed by atoms with Gasteiger partial charge < -0.3 is 15.2 Å². The summed E-state index contributed by atoms with van der Waals surface area (Å²) in [5, 5.41) is 22.5. The maximum Gasteiger partial charge on any atom is 0.273 e. The minimum absolute atomic E-state index is 0. The van der Waals surface area contributed by atoms with E-state index < -0.39 is 11.0 Å². The minimum atomic E-state index is -0.460. The molecule has 1 aromatic rings. The first-order chi connectivity index (χ1) is 8.09.